The van der Waals surface area contributed by atoms with Crippen molar-refractivity contribution in [2.75, 3.05) is 13.1 Å². The van der Waals surface area contributed by atoms with E-state index in [0.717, 1.165) is 12.1 Å². The number of nitrogens with zero attached hydrogens (tertiary/aromatic N) is 1. The van der Waals surface area contributed by atoms with Gasteiger partial charge < -0.3 is 15.1 Å². The lowest BCUT2D eigenvalue weighted by atomic mass is 9.91. The molecule has 2 rings (SSSR count). The molecule has 2 N–H and O–H groups in total. The van der Waals surface area contributed by atoms with Gasteiger partial charge in [-0.1, -0.05) is 23.2 Å². The number of aliphatic hydroxyl groups is 1. The van der Waals surface area contributed by atoms with Gasteiger partial charge in [0.1, 0.15) is 5.82 Å². The summed E-state index contributed by atoms with van der Waals surface area (Å²) in [5.74, 6) is -2.60. The Kier molecular flexibility index (Phi) is 4.41. The van der Waals surface area contributed by atoms with Crippen molar-refractivity contribution < 1.29 is 24.2 Å². The first kappa shape index (κ1) is 16.0. The second kappa shape index (κ2) is 5.79. The van der Waals surface area contributed by atoms with Gasteiger partial charge >= 0.3 is 5.97 Å². The molecule has 0 aliphatic carbocycles. The molecule has 1 fully saturated rings. The molecule has 1 aliphatic rings. The van der Waals surface area contributed by atoms with E-state index in [2.05, 4.69) is 0 Å². The molecule has 1 aromatic carbocycles. The van der Waals surface area contributed by atoms with Crippen LogP contribution in [0.4, 0.5) is 4.39 Å². The number of carboxylic acids is 1. The van der Waals surface area contributed by atoms with E-state index in [1.54, 1.807) is 0 Å². The molecule has 21 heavy (non-hydrogen) atoms. The van der Waals surface area contributed by atoms with Crippen molar-refractivity contribution in [2.24, 2.45) is 0 Å². The normalized spacial score (nSPS) is 17.6. The molecule has 0 spiro atoms. The zero-order valence-corrected chi connectivity index (χ0v) is 12.3. The number of hydrogen-bond donors (Lipinski definition) is 2. The summed E-state index contributed by atoms with van der Waals surface area (Å²) in [5.41, 5.74) is -1.87. The Morgan fingerprint density at radius 2 is 1.76 bits per heavy atom. The number of likely N-dealkylation sites (tertiary alicyclic amines) is 1. The monoisotopic (exact) mass is 335 g/mol. The van der Waals surface area contributed by atoms with E-state index in [1.807, 2.05) is 0 Å². The predicted molar refractivity (Wildman–Crippen MR) is 74.1 cm³/mol. The summed E-state index contributed by atoms with van der Waals surface area (Å²) in [6, 6.07) is 2.09. The van der Waals surface area contributed by atoms with Crippen LogP contribution < -0.4 is 0 Å². The van der Waals surface area contributed by atoms with Crippen molar-refractivity contribution in [1.29, 1.82) is 0 Å². The van der Waals surface area contributed by atoms with E-state index >= 15 is 0 Å². The molecule has 1 aliphatic heterocycles. The highest BCUT2D eigenvalue weighted by atomic mass is 35.5. The predicted octanol–water partition coefficient (Wildman–Crippen LogP) is 2.18. The Morgan fingerprint density at radius 1 is 1.19 bits per heavy atom. The van der Waals surface area contributed by atoms with Crippen LogP contribution in [0.25, 0.3) is 0 Å². The lowest BCUT2D eigenvalue weighted by molar-refractivity contribution is -0.162. The van der Waals surface area contributed by atoms with E-state index in [0.29, 0.717) is 0 Å². The first-order valence-corrected chi connectivity index (χ1v) is 6.90. The van der Waals surface area contributed by atoms with Crippen LogP contribution >= 0.6 is 23.2 Å². The quantitative estimate of drug-likeness (QED) is 0.812. The standard InChI is InChI=1S/C13H12Cl2FNO4/c14-8-6-9(15)10(16)5-7(8)11(18)17-3-1-13(21,2-4-17)12(19)20/h5-6,21H,1-4H2,(H,19,20). The lowest BCUT2D eigenvalue weighted by Gasteiger charge is -2.35. The van der Waals surface area contributed by atoms with Crippen LogP contribution in [-0.2, 0) is 4.79 Å². The molecule has 0 aromatic heterocycles. The third-order valence-corrected chi connectivity index (χ3v) is 4.12. The van der Waals surface area contributed by atoms with Crippen LogP contribution in [0.15, 0.2) is 12.1 Å². The average molecular weight is 336 g/mol. The van der Waals surface area contributed by atoms with Gasteiger partial charge in [0, 0.05) is 25.9 Å². The van der Waals surface area contributed by atoms with Crippen LogP contribution in [0.5, 0.6) is 0 Å². The van der Waals surface area contributed by atoms with Gasteiger partial charge in [-0.15, -0.1) is 0 Å². The van der Waals surface area contributed by atoms with Gasteiger partial charge in [-0.25, -0.2) is 9.18 Å². The highest BCUT2D eigenvalue weighted by Gasteiger charge is 2.40. The van der Waals surface area contributed by atoms with Crippen LogP contribution in [0, 0.1) is 5.82 Å². The fraction of sp³-hybridized carbons (Fsp3) is 0.385. The molecule has 0 radical (unpaired) electrons. The van der Waals surface area contributed by atoms with Gasteiger partial charge in [0.25, 0.3) is 5.91 Å². The number of rotatable bonds is 2. The Morgan fingerprint density at radius 3 is 2.29 bits per heavy atom. The number of aliphatic carboxylic acids is 1. The first-order valence-electron chi connectivity index (χ1n) is 6.14. The molecule has 1 amide bonds. The van der Waals surface area contributed by atoms with Gasteiger partial charge in [0.2, 0.25) is 0 Å². The topological polar surface area (TPSA) is 77.8 Å². The van der Waals surface area contributed by atoms with Gasteiger partial charge in [-0.3, -0.25) is 4.79 Å². The third kappa shape index (κ3) is 3.12. The molecule has 0 unspecified atom stereocenters. The van der Waals surface area contributed by atoms with E-state index in [4.69, 9.17) is 28.3 Å². The smallest absolute Gasteiger partial charge is 0.335 e. The number of amides is 1. The van der Waals surface area contributed by atoms with Gasteiger partial charge in [-0.2, -0.15) is 0 Å². The number of benzene rings is 1. The average Bonchev–Trinajstić information content (AvgIpc) is 2.43. The molecule has 0 bridgehead atoms. The number of piperidine rings is 1. The Hall–Kier alpha value is -1.37. The lowest BCUT2D eigenvalue weighted by Crippen LogP contribution is -2.50. The van der Waals surface area contributed by atoms with Crippen molar-refractivity contribution in [3.63, 3.8) is 0 Å². The van der Waals surface area contributed by atoms with Crippen LogP contribution in [0.3, 0.4) is 0 Å². The maximum absolute atomic E-state index is 13.4. The maximum atomic E-state index is 13.4. The summed E-state index contributed by atoms with van der Waals surface area (Å²) in [6.07, 6.45) is -0.191. The van der Waals surface area contributed by atoms with E-state index in [1.165, 1.54) is 4.90 Å². The van der Waals surface area contributed by atoms with Gasteiger partial charge in [0.05, 0.1) is 15.6 Å². The number of carbonyl (C=O) groups is 2. The van der Waals surface area contributed by atoms with Crippen LogP contribution in [0.1, 0.15) is 23.2 Å². The molecule has 1 saturated heterocycles. The molecule has 1 heterocycles. The second-order valence-corrected chi connectivity index (χ2v) is 5.69. The summed E-state index contributed by atoms with van der Waals surface area (Å²) in [6.45, 7) is 0.0877. The molecule has 1 aromatic rings. The summed E-state index contributed by atoms with van der Waals surface area (Å²) in [4.78, 5) is 24.5. The minimum absolute atomic E-state index is 0.0190. The fourth-order valence-electron chi connectivity index (χ4n) is 2.15. The van der Waals surface area contributed by atoms with Crippen molar-refractivity contribution in [3.05, 3.63) is 33.6 Å². The Balaban J connectivity index is 2.16. The van der Waals surface area contributed by atoms with E-state index in [9.17, 15) is 19.1 Å². The summed E-state index contributed by atoms with van der Waals surface area (Å²) >= 11 is 11.4. The minimum Gasteiger partial charge on any atom is -0.479 e. The summed E-state index contributed by atoms with van der Waals surface area (Å²) < 4.78 is 13.4. The molecule has 114 valence electrons. The number of carboxylic acid groups (broad SMARTS) is 1. The van der Waals surface area contributed by atoms with Crippen molar-refractivity contribution >= 4 is 35.1 Å². The fourth-order valence-corrected chi connectivity index (χ4v) is 2.61. The first-order chi connectivity index (χ1) is 9.74. The third-order valence-electron chi connectivity index (χ3n) is 3.52. The van der Waals surface area contributed by atoms with Crippen molar-refractivity contribution in [1.82, 2.24) is 4.90 Å². The molecular weight excluding hydrogens is 324 g/mol. The largest absolute Gasteiger partial charge is 0.479 e. The van der Waals surface area contributed by atoms with Gasteiger partial charge in [-0.05, 0) is 12.1 Å². The number of carbonyl (C=O) groups excluding carboxylic acids is 1. The van der Waals surface area contributed by atoms with E-state index in [-0.39, 0.29) is 41.5 Å². The Bertz CT molecular complexity index is 600. The van der Waals surface area contributed by atoms with E-state index < -0.39 is 23.3 Å². The van der Waals surface area contributed by atoms with Gasteiger partial charge in [0.15, 0.2) is 5.60 Å². The molecule has 0 atom stereocenters. The number of hydrogen-bond acceptors (Lipinski definition) is 3. The minimum atomic E-state index is -1.83. The SMILES string of the molecule is O=C(c1cc(F)c(Cl)cc1Cl)N1CCC(O)(C(=O)O)CC1. The molecule has 0 saturated carbocycles. The van der Waals surface area contributed by atoms with Crippen molar-refractivity contribution in [2.45, 2.75) is 18.4 Å². The van der Waals surface area contributed by atoms with Crippen molar-refractivity contribution in [3.8, 4) is 0 Å². The number of halogens is 3. The Labute approximate surface area is 129 Å². The maximum Gasteiger partial charge on any atom is 0.335 e. The molecule has 8 heteroatoms. The highest BCUT2D eigenvalue weighted by Crippen LogP contribution is 2.28. The summed E-state index contributed by atoms with van der Waals surface area (Å²) in [7, 11) is 0. The second-order valence-electron chi connectivity index (χ2n) is 4.88. The summed E-state index contributed by atoms with van der Waals surface area (Å²) in [5, 5.41) is 18.6. The zero-order chi connectivity index (χ0) is 15.8. The molecule has 5 nitrogen and oxygen atoms in total. The van der Waals surface area contributed by atoms with Crippen LogP contribution in [-0.4, -0.2) is 45.7 Å². The highest BCUT2D eigenvalue weighted by molar-refractivity contribution is 6.36. The van der Waals surface area contributed by atoms with Crippen LogP contribution in [0.2, 0.25) is 10.0 Å². The zero-order valence-electron chi connectivity index (χ0n) is 10.8. The molecular formula is C13H12Cl2FNO4.